The van der Waals surface area contributed by atoms with Crippen LogP contribution in [0.4, 0.5) is 10.1 Å². The van der Waals surface area contributed by atoms with E-state index in [0.717, 1.165) is 24.1 Å². The SMILES string of the molecule is [C-]#[N+]c1cc2c(Oc3ccc(CC(=O)Cc4ccc(F)cc4)cc3)ccnc2cc1OCCCN1CCCC1=O. The monoisotopic (exact) mass is 537 g/mol. The Morgan fingerprint density at radius 1 is 1.00 bits per heavy atom. The normalized spacial score (nSPS) is 12.9. The molecular formula is C32H28FN3O4. The number of ketones is 1. The van der Waals surface area contributed by atoms with E-state index in [4.69, 9.17) is 16.0 Å². The Morgan fingerprint density at radius 3 is 2.40 bits per heavy atom. The average molecular weight is 538 g/mol. The molecule has 5 rings (SSSR count). The third-order valence-electron chi connectivity index (χ3n) is 6.77. The summed E-state index contributed by atoms with van der Waals surface area (Å²) in [5, 5.41) is 0.682. The zero-order chi connectivity index (χ0) is 27.9. The molecule has 0 N–H and O–H groups in total. The van der Waals surface area contributed by atoms with E-state index in [0.29, 0.717) is 59.8 Å². The Morgan fingerprint density at radius 2 is 1.73 bits per heavy atom. The van der Waals surface area contributed by atoms with Crippen LogP contribution in [0.3, 0.4) is 0 Å². The molecule has 0 spiro atoms. The van der Waals surface area contributed by atoms with Gasteiger partial charge in [0.05, 0.1) is 18.7 Å². The predicted octanol–water partition coefficient (Wildman–Crippen LogP) is 6.46. The van der Waals surface area contributed by atoms with Crippen molar-refractivity contribution in [1.82, 2.24) is 9.88 Å². The molecule has 7 nitrogen and oxygen atoms in total. The molecule has 8 heteroatoms. The Bertz CT molecular complexity index is 1560. The quantitative estimate of drug-likeness (QED) is 0.162. The molecule has 0 atom stereocenters. The molecule has 0 saturated carbocycles. The molecule has 1 aliphatic rings. The lowest BCUT2D eigenvalue weighted by Gasteiger charge is -2.16. The fourth-order valence-corrected chi connectivity index (χ4v) is 4.73. The first-order valence-corrected chi connectivity index (χ1v) is 13.2. The second-order valence-corrected chi connectivity index (χ2v) is 9.71. The van der Waals surface area contributed by atoms with Crippen molar-refractivity contribution in [2.45, 2.75) is 32.1 Å². The van der Waals surface area contributed by atoms with Crippen LogP contribution in [-0.2, 0) is 22.4 Å². The van der Waals surface area contributed by atoms with E-state index in [9.17, 15) is 14.0 Å². The average Bonchev–Trinajstić information content (AvgIpc) is 3.37. The van der Waals surface area contributed by atoms with E-state index < -0.39 is 0 Å². The molecule has 0 bridgehead atoms. The second-order valence-electron chi connectivity index (χ2n) is 9.71. The van der Waals surface area contributed by atoms with Crippen molar-refractivity contribution in [2.24, 2.45) is 0 Å². The lowest BCUT2D eigenvalue weighted by molar-refractivity contribution is -0.127. The molecule has 2 heterocycles. The van der Waals surface area contributed by atoms with Gasteiger partial charge >= 0.3 is 0 Å². The van der Waals surface area contributed by atoms with Gasteiger partial charge in [-0.15, -0.1) is 0 Å². The minimum absolute atomic E-state index is 0.0367. The molecule has 40 heavy (non-hydrogen) atoms. The van der Waals surface area contributed by atoms with E-state index in [1.165, 1.54) is 12.1 Å². The first-order chi connectivity index (χ1) is 19.5. The van der Waals surface area contributed by atoms with E-state index in [2.05, 4.69) is 9.83 Å². The number of amides is 1. The van der Waals surface area contributed by atoms with Crippen molar-refractivity contribution in [1.29, 1.82) is 0 Å². The molecule has 202 valence electrons. The molecule has 1 aliphatic heterocycles. The number of nitrogens with zero attached hydrogens (tertiary/aromatic N) is 3. The number of rotatable bonds is 11. The smallest absolute Gasteiger partial charge is 0.229 e. The minimum Gasteiger partial charge on any atom is -0.504 e. The molecule has 1 fully saturated rings. The van der Waals surface area contributed by atoms with Gasteiger partial charge in [-0.25, -0.2) is 9.24 Å². The molecule has 1 saturated heterocycles. The van der Waals surface area contributed by atoms with Gasteiger partial charge in [0.2, 0.25) is 11.6 Å². The van der Waals surface area contributed by atoms with Gasteiger partial charge in [-0.05, 0) is 66.4 Å². The maximum atomic E-state index is 13.1. The molecule has 1 amide bonds. The minimum atomic E-state index is -0.323. The number of Topliss-reactive ketones (excluding diaryl/α,β-unsaturated/α-hetero) is 1. The topological polar surface area (TPSA) is 73.1 Å². The molecule has 3 aromatic carbocycles. The highest BCUT2D eigenvalue weighted by atomic mass is 19.1. The summed E-state index contributed by atoms with van der Waals surface area (Å²) in [6, 6.07) is 18.4. The number of aromatic nitrogens is 1. The van der Waals surface area contributed by atoms with Crippen LogP contribution in [0.25, 0.3) is 15.7 Å². The highest BCUT2D eigenvalue weighted by Crippen LogP contribution is 2.37. The summed E-state index contributed by atoms with van der Waals surface area (Å²) in [7, 11) is 0. The van der Waals surface area contributed by atoms with E-state index in [1.807, 2.05) is 17.0 Å². The van der Waals surface area contributed by atoms with Crippen molar-refractivity contribution in [3.8, 4) is 17.2 Å². The van der Waals surface area contributed by atoms with Crippen LogP contribution in [0.5, 0.6) is 17.2 Å². The number of likely N-dealkylation sites (tertiary alicyclic amines) is 1. The highest BCUT2D eigenvalue weighted by molar-refractivity contribution is 5.91. The molecule has 0 aliphatic carbocycles. The van der Waals surface area contributed by atoms with Gasteiger partial charge in [-0.2, -0.15) is 0 Å². The summed E-state index contributed by atoms with van der Waals surface area (Å²) in [6.45, 7) is 9.49. The summed E-state index contributed by atoms with van der Waals surface area (Å²) in [6.07, 6.45) is 4.36. The largest absolute Gasteiger partial charge is 0.504 e. The summed E-state index contributed by atoms with van der Waals surface area (Å²) >= 11 is 0. The Hall–Kier alpha value is -4.77. The number of pyridine rings is 1. The maximum absolute atomic E-state index is 13.1. The van der Waals surface area contributed by atoms with Gasteiger partial charge in [0.15, 0.2) is 0 Å². The summed E-state index contributed by atoms with van der Waals surface area (Å²) in [5.41, 5.74) is 2.63. The number of hydrogen-bond donors (Lipinski definition) is 0. The standard InChI is InChI=1S/C32H28FN3O4/c1-34-29-20-27-28(21-31(29)39-17-3-16-36-15-2-4-32(36)38)35-14-13-30(27)40-26-11-7-23(8-12-26)19-25(37)18-22-5-9-24(33)10-6-22/h5-14,20-21H,2-4,15-19H2. The summed E-state index contributed by atoms with van der Waals surface area (Å²) < 4.78 is 25.1. The van der Waals surface area contributed by atoms with Crippen LogP contribution in [-0.4, -0.2) is 41.3 Å². The van der Waals surface area contributed by atoms with Crippen LogP contribution >= 0.6 is 0 Å². The fourth-order valence-electron chi connectivity index (χ4n) is 4.73. The van der Waals surface area contributed by atoms with Gasteiger partial charge in [-0.1, -0.05) is 24.3 Å². The number of benzene rings is 3. The van der Waals surface area contributed by atoms with Crippen LogP contribution in [0, 0.1) is 12.4 Å². The summed E-state index contributed by atoms with van der Waals surface area (Å²) in [4.78, 5) is 34.2. The molecule has 0 unspecified atom stereocenters. The second kappa shape index (κ2) is 12.4. The number of carbonyl (C=O) groups is 2. The Labute approximate surface area is 232 Å². The van der Waals surface area contributed by atoms with E-state index in [-0.39, 0.29) is 30.3 Å². The number of fused-ring (bicyclic) bond motifs is 1. The molecule has 0 radical (unpaired) electrons. The van der Waals surface area contributed by atoms with Crippen molar-refractivity contribution < 1.29 is 23.5 Å². The zero-order valence-electron chi connectivity index (χ0n) is 21.9. The van der Waals surface area contributed by atoms with Gasteiger partial charge in [0.25, 0.3) is 0 Å². The van der Waals surface area contributed by atoms with Gasteiger partial charge in [0, 0.05) is 43.9 Å². The lowest BCUT2D eigenvalue weighted by atomic mass is 10.0. The first kappa shape index (κ1) is 26.8. The molecule has 4 aromatic rings. The lowest BCUT2D eigenvalue weighted by Crippen LogP contribution is -2.26. The van der Waals surface area contributed by atoms with Gasteiger partial charge < -0.3 is 14.4 Å². The predicted molar refractivity (Wildman–Crippen MR) is 149 cm³/mol. The highest BCUT2D eigenvalue weighted by Gasteiger charge is 2.19. The Kier molecular flexibility index (Phi) is 8.31. The molecular weight excluding hydrogens is 509 g/mol. The van der Waals surface area contributed by atoms with Crippen molar-refractivity contribution in [3.63, 3.8) is 0 Å². The van der Waals surface area contributed by atoms with Crippen LogP contribution in [0.2, 0.25) is 0 Å². The van der Waals surface area contributed by atoms with Gasteiger partial charge in [-0.3, -0.25) is 14.6 Å². The van der Waals surface area contributed by atoms with Crippen LogP contribution in [0.1, 0.15) is 30.4 Å². The number of ether oxygens (including phenoxy) is 2. The van der Waals surface area contributed by atoms with E-state index >= 15 is 0 Å². The van der Waals surface area contributed by atoms with Crippen molar-refractivity contribution >= 4 is 28.3 Å². The third kappa shape index (κ3) is 6.62. The fraction of sp³-hybridized carbons (Fsp3) is 0.250. The Balaban J connectivity index is 1.22. The number of carbonyl (C=O) groups excluding carboxylic acids is 2. The molecule has 1 aromatic heterocycles. The van der Waals surface area contributed by atoms with Crippen LogP contribution < -0.4 is 9.47 Å². The van der Waals surface area contributed by atoms with Crippen LogP contribution in [0.15, 0.2) is 72.9 Å². The van der Waals surface area contributed by atoms with E-state index in [1.54, 1.807) is 48.7 Å². The number of halogens is 1. The first-order valence-electron chi connectivity index (χ1n) is 13.2. The van der Waals surface area contributed by atoms with Crippen molar-refractivity contribution in [2.75, 3.05) is 19.7 Å². The van der Waals surface area contributed by atoms with Crippen molar-refractivity contribution in [3.05, 3.63) is 101 Å². The number of hydrogen-bond acceptors (Lipinski definition) is 5. The third-order valence-corrected chi connectivity index (χ3v) is 6.77. The van der Waals surface area contributed by atoms with Gasteiger partial charge in [0.1, 0.15) is 28.8 Å². The maximum Gasteiger partial charge on any atom is 0.229 e. The summed E-state index contributed by atoms with van der Waals surface area (Å²) in [5.74, 6) is 1.49. The zero-order valence-corrected chi connectivity index (χ0v) is 21.9.